The van der Waals surface area contributed by atoms with E-state index >= 15 is 0 Å². The predicted octanol–water partition coefficient (Wildman–Crippen LogP) is 12.9. The van der Waals surface area contributed by atoms with E-state index in [1.165, 1.54) is 56.9 Å². The second-order valence-electron chi connectivity index (χ2n) is 16.3. The first-order valence-electron chi connectivity index (χ1n) is 21.3. The molecule has 0 amide bonds. The minimum atomic E-state index is -4.31. The van der Waals surface area contributed by atoms with Gasteiger partial charge in [-0.05, 0) is 110 Å². The number of fused-ring (bicyclic) bond motifs is 5. The molecule has 320 valence electrons. The van der Waals surface area contributed by atoms with Crippen molar-refractivity contribution in [1.82, 2.24) is 4.57 Å². The number of hydrogen-bond acceptors (Lipinski definition) is 6. The molecule has 1 aromatic heterocycles. The van der Waals surface area contributed by atoms with Crippen LogP contribution in [0, 0.1) is 18.8 Å². The summed E-state index contributed by atoms with van der Waals surface area (Å²) in [4.78, 5) is 32.0. The zero-order valence-electron chi connectivity index (χ0n) is 35.1. The van der Waals surface area contributed by atoms with E-state index in [0.717, 1.165) is 76.1 Å². The number of alkyl halides is 4. The fourth-order valence-corrected chi connectivity index (χ4v) is 8.51. The van der Waals surface area contributed by atoms with Crippen molar-refractivity contribution in [2.24, 2.45) is 17.0 Å². The highest BCUT2D eigenvalue weighted by atomic mass is 19.3. The summed E-state index contributed by atoms with van der Waals surface area (Å²) in [6, 6.07) is 27.4. The van der Waals surface area contributed by atoms with Crippen LogP contribution < -0.4 is 9.47 Å². The zero-order chi connectivity index (χ0) is 43.3. The lowest BCUT2D eigenvalue weighted by Gasteiger charge is -2.19. The predicted molar refractivity (Wildman–Crippen MR) is 233 cm³/mol. The molecule has 7 rings (SSSR count). The summed E-state index contributed by atoms with van der Waals surface area (Å²) in [5, 5.41) is 7.73. The molecule has 1 atom stereocenters. The molecule has 1 unspecified atom stereocenters. The van der Waals surface area contributed by atoms with Crippen LogP contribution in [0.4, 0.5) is 17.6 Å². The van der Waals surface area contributed by atoms with Gasteiger partial charge in [0.15, 0.2) is 12.4 Å². The van der Waals surface area contributed by atoms with Gasteiger partial charge in [0.1, 0.15) is 17.2 Å². The summed E-state index contributed by atoms with van der Waals surface area (Å²) in [5.41, 5.74) is 5.24. The third-order valence-corrected chi connectivity index (χ3v) is 11.9. The van der Waals surface area contributed by atoms with Crippen LogP contribution >= 0.6 is 0 Å². The molecule has 1 fully saturated rings. The van der Waals surface area contributed by atoms with Gasteiger partial charge in [-0.2, -0.15) is 8.78 Å². The fraction of sp³-hybridized carbons (Fsp3) is 0.380. The number of aromatic nitrogens is 1. The van der Waals surface area contributed by atoms with Crippen molar-refractivity contribution in [2.45, 2.75) is 98.0 Å². The summed E-state index contributed by atoms with van der Waals surface area (Å²) in [5.74, 6) is -3.39. The molecule has 0 spiro atoms. The molecule has 61 heavy (non-hydrogen) atoms. The average Bonchev–Trinajstić information content (AvgIpc) is 3.89. The van der Waals surface area contributed by atoms with Crippen LogP contribution in [-0.4, -0.2) is 47.6 Å². The number of ether oxygens (including phenoxy) is 2. The summed E-state index contributed by atoms with van der Waals surface area (Å²) in [7, 11) is 0. The molecule has 6 aromatic rings. The number of carbonyl (C=O) groups excluding carboxylic acids is 2. The summed E-state index contributed by atoms with van der Waals surface area (Å²) < 4.78 is 66.3. The van der Waals surface area contributed by atoms with E-state index < -0.39 is 24.9 Å². The van der Waals surface area contributed by atoms with E-state index in [0.29, 0.717) is 40.7 Å². The minimum Gasteiger partial charge on any atom is -0.493 e. The van der Waals surface area contributed by atoms with Crippen molar-refractivity contribution in [3.8, 4) is 11.5 Å². The highest BCUT2D eigenvalue weighted by Crippen LogP contribution is 2.39. The Bertz CT molecular complexity index is 2560. The van der Waals surface area contributed by atoms with Gasteiger partial charge in [-0.3, -0.25) is 4.79 Å². The molecule has 0 bridgehead atoms. The molecule has 0 saturated heterocycles. The van der Waals surface area contributed by atoms with Gasteiger partial charge in [-0.1, -0.05) is 81.4 Å². The van der Waals surface area contributed by atoms with Crippen molar-refractivity contribution in [3.05, 3.63) is 119 Å². The fourth-order valence-electron chi connectivity index (χ4n) is 8.51. The minimum absolute atomic E-state index is 0.0477. The topological polar surface area (TPSA) is 79.1 Å². The number of aryl methyl sites for hydroxylation is 1. The summed E-state index contributed by atoms with van der Waals surface area (Å²) in [6.45, 7) is 7.52. The summed E-state index contributed by atoms with van der Waals surface area (Å²) in [6.07, 6.45) is 5.24. The third-order valence-electron chi connectivity index (χ3n) is 11.9. The number of nitrogens with zero attached hydrogens (tertiary/aromatic N) is 2. The number of carbonyl (C=O) groups is 2. The first-order valence-corrected chi connectivity index (χ1v) is 21.3. The Hall–Kier alpha value is -5.71. The van der Waals surface area contributed by atoms with E-state index in [1.807, 2.05) is 67.6 Å². The SMILES string of the molecule is CCCCC(CC)Cn1c2ccc(/C(=N/OC(C)=O)c3ccc(OCC(F)(F)C(F)F)cc3)cc2c2cc(C(=O)c3ccc(OCC4CCCC4)cc3C)c3ccccc3c21. The average molecular weight is 837 g/mol. The second-order valence-corrected chi connectivity index (χ2v) is 16.3. The maximum absolute atomic E-state index is 14.8. The van der Waals surface area contributed by atoms with Crippen molar-refractivity contribution >= 4 is 50.0 Å². The molecular formula is C50H52F4N2O5. The molecular weight excluding hydrogens is 785 g/mol. The van der Waals surface area contributed by atoms with E-state index in [2.05, 4.69) is 29.6 Å². The normalized spacial score (nSPS) is 14.3. The van der Waals surface area contributed by atoms with E-state index in [-0.39, 0.29) is 17.2 Å². The highest BCUT2D eigenvalue weighted by molar-refractivity contribution is 6.26. The quantitative estimate of drug-likeness (QED) is 0.0283. The Labute approximate surface area is 353 Å². The lowest BCUT2D eigenvalue weighted by molar-refractivity contribution is -0.148. The molecule has 0 radical (unpaired) electrons. The smallest absolute Gasteiger partial charge is 0.340 e. The molecule has 0 aliphatic heterocycles. The number of halogens is 4. The molecule has 1 saturated carbocycles. The Balaban J connectivity index is 1.35. The van der Waals surface area contributed by atoms with Crippen LogP contribution in [0.2, 0.25) is 0 Å². The van der Waals surface area contributed by atoms with Gasteiger partial charge in [-0.15, -0.1) is 0 Å². The van der Waals surface area contributed by atoms with Gasteiger partial charge in [0, 0.05) is 57.4 Å². The largest absolute Gasteiger partial charge is 0.493 e. The molecule has 5 aromatic carbocycles. The first kappa shape index (κ1) is 43.4. The number of hydrogen-bond donors (Lipinski definition) is 0. The number of oxime groups is 1. The molecule has 1 heterocycles. The van der Waals surface area contributed by atoms with Crippen LogP contribution in [-0.2, 0) is 16.2 Å². The lowest BCUT2D eigenvalue weighted by Crippen LogP contribution is -2.33. The number of rotatable bonds is 18. The van der Waals surface area contributed by atoms with Gasteiger partial charge in [0.05, 0.1) is 12.1 Å². The van der Waals surface area contributed by atoms with Gasteiger partial charge in [-0.25, -0.2) is 13.6 Å². The van der Waals surface area contributed by atoms with Gasteiger partial charge >= 0.3 is 18.3 Å². The molecule has 1 aliphatic rings. The van der Waals surface area contributed by atoms with Crippen molar-refractivity contribution < 1.29 is 41.5 Å². The molecule has 1 aliphatic carbocycles. The monoisotopic (exact) mass is 836 g/mol. The third kappa shape index (κ3) is 9.61. The molecule has 7 nitrogen and oxygen atoms in total. The van der Waals surface area contributed by atoms with E-state index in [9.17, 15) is 27.2 Å². The number of unbranched alkanes of at least 4 members (excludes halogenated alkanes) is 1. The maximum atomic E-state index is 14.8. The van der Waals surface area contributed by atoms with Crippen LogP contribution in [0.1, 0.15) is 105 Å². The second kappa shape index (κ2) is 18.9. The van der Waals surface area contributed by atoms with Crippen LogP contribution in [0.15, 0.2) is 96.2 Å². The number of ketones is 1. The van der Waals surface area contributed by atoms with Crippen LogP contribution in [0.3, 0.4) is 0 Å². The first-order chi connectivity index (χ1) is 29.4. The van der Waals surface area contributed by atoms with Gasteiger partial charge in [0.2, 0.25) is 0 Å². The highest BCUT2D eigenvalue weighted by Gasteiger charge is 2.41. The van der Waals surface area contributed by atoms with Crippen molar-refractivity contribution in [2.75, 3.05) is 13.2 Å². The van der Waals surface area contributed by atoms with Crippen molar-refractivity contribution in [1.29, 1.82) is 0 Å². The van der Waals surface area contributed by atoms with E-state index in [1.54, 1.807) is 0 Å². The lowest BCUT2D eigenvalue weighted by atomic mass is 9.92. The van der Waals surface area contributed by atoms with Crippen molar-refractivity contribution in [3.63, 3.8) is 0 Å². The van der Waals surface area contributed by atoms with Gasteiger partial charge in [0.25, 0.3) is 0 Å². The molecule has 0 N–H and O–H groups in total. The van der Waals surface area contributed by atoms with Crippen LogP contribution in [0.5, 0.6) is 11.5 Å². The Morgan fingerprint density at radius 3 is 2.20 bits per heavy atom. The van der Waals surface area contributed by atoms with Crippen LogP contribution in [0.25, 0.3) is 32.6 Å². The standard InChI is InChI=1S/C50H52F4N2O5/c1-5-7-12-33(6-2)28-56-45-24-19-36(46(55-61-32(4)57)35-17-20-37(21-18-35)60-30-50(53,54)49(51)52)26-42(45)43-27-44(40-15-10-11-16-41(40)47(43)56)48(58)39-23-22-38(25-31(39)3)59-29-34-13-8-9-14-34/h10-11,15-27,33-34,49H,5-9,12-14,28-30H2,1-4H3/b55-46+. The van der Waals surface area contributed by atoms with E-state index in [4.69, 9.17) is 14.3 Å². The van der Waals surface area contributed by atoms with Gasteiger partial charge < -0.3 is 18.9 Å². The Kier molecular flexibility index (Phi) is 13.4. The number of benzene rings is 5. The maximum Gasteiger partial charge on any atom is 0.340 e. The Morgan fingerprint density at radius 2 is 1.52 bits per heavy atom. The zero-order valence-corrected chi connectivity index (χ0v) is 35.1. The molecule has 11 heteroatoms. The summed E-state index contributed by atoms with van der Waals surface area (Å²) >= 11 is 0. The Morgan fingerprint density at radius 1 is 0.820 bits per heavy atom.